The first-order chi connectivity index (χ1) is 12.7. The van der Waals surface area contributed by atoms with Gasteiger partial charge >= 0.3 is 0 Å². The van der Waals surface area contributed by atoms with Gasteiger partial charge in [-0.05, 0) is 11.1 Å². The van der Waals surface area contributed by atoms with Crippen molar-refractivity contribution in [3.8, 4) is 0 Å². The molecule has 26 heavy (non-hydrogen) atoms. The van der Waals surface area contributed by atoms with Crippen LogP contribution in [-0.2, 0) is 14.0 Å². The van der Waals surface area contributed by atoms with E-state index >= 15 is 0 Å². The van der Waals surface area contributed by atoms with E-state index in [1.807, 2.05) is 91.0 Å². The molecule has 1 aliphatic heterocycles. The van der Waals surface area contributed by atoms with Crippen molar-refractivity contribution in [3.05, 3.63) is 108 Å². The van der Waals surface area contributed by atoms with Crippen LogP contribution in [0.3, 0.4) is 0 Å². The molecule has 0 radical (unpaired) electrons. The van der Waals surface area contributed by atoms with E-state index in [0.29, 0.717) is 11.1 Å². The Morgan fingerprint density at radius 3 is 1.35 bits per heavy atom. The Bertz CT molecular complexity index is 846. The molecule has 132 valence electrons. The van der Waals surface area contributed by atoms with Crippen molar-refractivity contribution < 1.29 is 18.9 Å². The van der Waals surface area contributed by atoms with E-state index < -0.39 is 25.3 Å². The second kappa shape index (κ2) is 7.18. The minimum absolute atomic E-state index is 0.670. The number of benzene rings is 3. The van der Waals surface area contributed by atoms with Crippen molar-refractivity contribution in [2.75, 3.05) is 0 Å². The van der Waals surface area contributed by atoms with Gasteiger partial charge in [0.2, 0.25) is 0 Å². The van der Waals surface area contributed by atoms with E-state index in [2.05, 4.69) is 0 Å². The molecule has 0 bridgehead atoms. The molecule has 0 amide bonds. The summed E-state index contributed by atoms with van der Waals surface area (Å²) < 4.78 is 25.4. The molecule has 3 aromatic rings. The van der Waals surface area contributed by atoms with Crippen LogP contribution in [0, 0.1) is 0 Å². The minimum atomic E-state index is -3.85. The predicted molar refractivity (Wildman–Crippen MR) is 99.5 cm³/mol. The molecule has 1 fully saturated rings. The molecule has 0 saturated carbocycles. The SMILES string of the molecule is O=P1(O)[C@H](c2ccccc2)OC(c2ccccc2)O[C@H]1c1ccccc1. The fraction of sp³-hybridized carbons (Fsp3) is 0.143. The Labute approximate surface area is 152 Å². The molecule has 3 aromatic carbocycles. The fourth-order valence-corrected chi connectivity index (χ4v) is 5.17. The average molecular weight is 366 g/mol. The van der Waals surface area contributed by atoms with Crippen LogP contribution in [0.5, 0.6) is 0 Å². The first kappa shape index (κ1) is 17.2. The van der Waals surface area contributed by atoms with Crippen LogP contribution in [0.4, 0.5) is 0 Å². The van der Waals surface area contributed by atoms with Crippen LogP contribution in [-0.4, -0.2) is 4.89 Å². The van der Waals surface area contributed by atoms with E-state index in [1.165, 1.54) is 0 Å². The van der Waals surface area contributed by atoms with E-state index in [1.54, 1.807) is 0 Å². The highest BCUT2D eigenvalue weighted by Gasteiger charge is 2.49. The molecule has 0 spiro atoms. The monoisotopic (exact) mass is 366 g/mol. The van der Waals surface area contributed by atoms with Gasteiger partial charge < -0.3 is 14.4 Å². The third-order valence-electron chi connectivity index (χ3n) is 4.42. The summed E-state index contributed by atoms with van der Waals surface area (Å²) in [5, 5.41) is 0. The molecule has 2 atom stereocenters. The van der Waals surface area contributed by atoms with Crippen LogP contribution in [0.25, 0.3) is 0 Å². The summed E-state index contributed by atoms with van der Waals surface area (Å²) in [7, 11) is -3.85. The lowest BCUT2D eigenvalue weighted by Gasteiger charge is -2.39. The molecule has 0 aliphatic carbocycles. The van der Waals surface area contributed by atoms with Gasteiger partial charge in [0.1, 0.15) is 0 Å². The molecule has 4 rings (SSSR count). The van der Waals surface area contributed by atoms with Gasteiger partial charge in [-0.1, -0.05) is 91.0 Å². The van der Waals surface area contributed by atoms with E-state index in [-0.39, 0.29) is 0 Å². The highest BCUT2D eigenvalue weighted by Crippen LogP contribution is 2.71. The van der Waals surface area contributed by atoms with E-state index in [9.17, 15) is 9.46 Å². The van der Waals surface area contributed by atoms with Crippen LogP contribution in [0.2, 0.25) is 0 Å². The Morgan fingerprint density at radius 1 is 0.615 bits per heavy atom. The molecule has 1 N–H and O–H groups in total. The molecular weight excluding hydrogens is 347 g/mol. The second-order valence-corrected chi connectivity index (χ2v) is 8.50. The quantitative estimate of drug-likeness (QED) is 0.631. The van der Waals surface area contributed by atoms with Gasteiger partial charge in [0.05, 0.1) is 0 Å². The summed E-state index contributed by atoms with van der Waals surface area (Å²) in [6, 6.07) is 27.8. The van der Waals surface area contributed by atoms with Gasteiger partial charge in [-0.3, -0.25) is 4.57 Å². The minimum Gasteiger partial charge on any atom is -0.340 e. The third kappa shape index (κ3) is 3.25. The van der Waals surface area contributed by atoms with Crippen molar-refractivity contribution in [2.24, 2.45) is 0 Å². The number of rotatable bonds is 3. The summed E-state index contributed by atoms with van der Waals surface area (Å²) in [5.41, 5.74) is 2.15. The molecule has 4 nitrogen and oxygen atoms in total. The second-order valence-electron chi connectivity index (χ2n) is 6.21. The largest absolute Gasteiger partial charge is 0.340 e. The summed E-state index contributed by atoms with van der Waals surface area (Å²) in [5.74, 6) is -1.90. The smallest absolute Gasteiger partial charge is 0.265 e. The number of hydrogen-bond donors (Lipinski definition) is 1. The maximum atomic E-state index is 13.4. The van der Waals surface area contributed by atoms with Crippen LogP contribution in [0.15, 0.2) is 91.0 Å². The Morgan fingerprint density at radius 2 is 0.962 bits per heavy atom. The highest BCUT2D eigenvalue weighted by atomic mass is 31.2. The Kier molecular flexibility index (Phi) is 4.75. The van der Waals surface area contributed by atoms with Crippen molar-refractivity contribution in [2.45, 2.75) is 18.0 Å². The van der Waals surface area contributed by atoms with Crippen LogP contribution in [0.1, 0.15) is 34.7 Å². The third-order valence-corrected chi connectivity index (χ3v) is 6.60. The normalized spacial score (nSPS) is 28.6. The first-order valence-electron chi connectivity index (χ1n) is 8.44. The lowest BCUT2D eigenvalue weighted by atomic mass is 10.2. The van der Waals surface area contributed by atoms with Crippen molar-refractivity contribution in [1.29, 1.82) is 0 Å². The molecule has 5 heteroatoms. The summed E-state index contributed by atoms with van der Waals surface area (Å²) in [6.07, 6.45) is -0.721. The van der Waals surface area contributed by atoms with Gasteiger partial charge in [0.15, 0.2) is 18.0 Å². The molecule has 1 saturated heterocycles. The average Bonchev–Trinajstić information content (AvgIpc) is 2.69. The zero-order chi connectivity index (χ0) is 18.0. The van der Waals surface area contributed by atoms with Gasteiger partial charge in [-0.15, -0.1) is 0 Å². The zero-order valence-electron chi connectivity index (χ0n) is 14.0. The van der Waals surface area contributed by atoms with Crippen LogP contribution < -0.4 is 0 Å². The zero-order valence-corrected chi connectivity index (χ0v) is 14.9. The molecule has 0 aromatic heterocycles. The van der Waals surface area contributed by atoms with Gasteiger partial charge in [-0.25, -0.2) is 0 Å². The van der Waals surface area contributed by atoms with Gasteiger partial charge in [-0.2, -0.15) is 0 Å². The first-order valence-corrected chi connectivity index (χ1v) is 10.2. The number of hydrogen-bond acceptors (Lipinski definition) is 3. The standard InChI is InChI=1S/C21H19O4P/c22-26(23)20(17-12-6-2-7-13-17)24-19(16-10-4-1-5-11-16)25-21(26)18-14-8-3-9-15-18/h1-15,19-21H,(H,22,23)/t20-,21-/m1/s1. The topological polar surface area (TPSA) is 55.8 Å². The lowest BCUT2D eigenvalue weighted by molar-refractivity contribution is -0.195. The molecule has 0 unspecified atom stereocenters. The highest BCUT2D eigenvalue weighted by molar-refractivity contribution is 7.58. The molecule has 1 aliphatic rings. The Hall–Kier alpha value is -2.23. The summed E-state index contributed by atoms with van der Waals surface area (Å²) in [6.45, 7) is 0. The predicted octanol–water partition coefficient (Wildman–Crippen LogP) is 5.40. The molecular formula is C21H19O4P. The van der Waals surface area contributed by atoms with Crippen molar-refractivity contribution in [1.82, 2.24) is 0 Å². The van der Waals surface area contributed by atoms with Crippen LogP contribution >= 0.6 is 7.37 Å². The van der Waals surface area contributed by atoms with Crippen molar-refractivity contribution >= 4 is 7.37 Å². The van der Waals surface area contributed by atoms with Crippen molar-refractivity contribution in [3.63, 3.8) is 0 Å². The van der Waals surface area contributed by atoms with Gasteiger partial charge in [0, 0.05) is 5.56 Å². The van der Waals surface area contributed by atoms with E-state index in [0.717, 1.165) is 5.56 Å². The summed E-state index contributed by atoms with van der Waals surface area (Å²) >= 11 is 0. The lowest BCUT2D eigenvalue weighted by Crippen LogP contribution is -2.25. The number of ether oxygens (including phenoxy) is 2. The van der Waals surface area contributed by atoms with E-state index in [4.69, 9.17) is 9.47 Å². The molecule has 1 heterocycles. The fourth-order valence-electron chi connectivity index (χ4n) is 3.15. The summed E-state index contributed by atoms with van der Waals surface area (Å²) in [4.78, 5) is 11.0. The Balaban J connectivity index is 1.79. The van der Waals surface area contributed by atoms with Gasteiger partial charge in [0.25, 0.3) is 7.37 Å². The maximum Gasteiger partial charge on any atom is 0.265 e. The maximum absolute atomic E-state index is 13.4.